The fourth-order valence-electron chi connectivity index (χ4n) is 2.84. The van der Waals surface area contributed by atoms with E-state index in [0.717, 1.165) is 9.17 Å². The highest BCUT2D eigenvalue weighted by Gasteiger charge is 2.15. The number of hydrogen-bond donors (Lipinski definition) is 2. The molecule has 0 saturated carbocycles. The van der Waals surface area contributed by atoms with Crippen LogP contribution in [0.15, 0.2) is 71.2 Å². The Morgan fingerprint density at radius 3 is 2.30 bits per heavy atom. The summed E-state index contributed by atoms with van der Waals surface area (Å²) in [5.41, 5.74) is 2.29. The molecule has 0 aliphatic heterocycles. The van der Waals surface area contributed by atoms with E-state index < -0.39 is 0 Å². The van der Waals surface area contributed by atoms with Crippen molar-refractivity contribution >= 4 is 60.1 Å². The lowest BCUT2D eigenvalue weighted by Gasteiger charge is -2.08. The van der Waals surface area contributed by atoms with Crippen molar-refractivity contribution in [2.24, 2.45) is 0 Å². The maximum Gasteiger partial charge on any atom is 0.257 e. The van der Waals surface area contributed by atoms with E-state index in [-0.39, 0.29) is 11.8 Å². The second kappa shape index (κ2) is 8.64. The Morgan fingerprint density at radius 2 is 1.60 bits per heavy atom. The molecule has 3 aromatic carbocycles. The van der Waals surface area contributed by atoms with Crippen LogP contribution >= 0.6 is 27.3 Å². The number of carbonyl (C=O) groups excluding carboxylic acids is 2. The zero-order chi connectivity index (χ0) is 21.1. The SMILES string of the molecule is COc1cc(NC(=O)c2ccc(Br)cc2)cc2sc(NC(=O)c3ccccc3)nc12. The number of amides is 2. The predicted molar refractivity (Wildman–Crippen MR) is 123 cm³/mol. The summed E-state index contributed by atoms with van der Waals surface area (Å²) in [5, 5.41) is 6.14. The fourth-order valence-corrected chi connectivity index (χ4v) is 4.03. The molecule has 150 valence electrons. The van der Waals surface area contributed by atoms with Gasteiger partial charge < -0.3 is 10.1 Å². The summed E-state index contributed by atoms with van der Waals surface area (Å²) in [6.45, 7) is 0. The van der Waals surface area contributed by atoms with Crippen LogP contribution in [0.3, 0.4) is 0 Å². The fraction of sp³-hybridized carbons (Fsp3) is 0.0455. The first kappa shape index (κ1) is 20.1. The van der Waals surface area contributed by atoms with Gasteiger partial charge in [0.1, 0.15) is 11.3 Å². The molecule has 2 N–H and O–H groups in total. The first-order chi connectivity index (χ1) is 14.5. The average molecular weight is 482 g/mol. The molecule has 1 heterocycles. The van der Waals surface area contributed by atoms with Crippen LogP contribution in [0.25, 0.3) is 10.2 Å². The van der Waals surface area contributed by atoms with E-state index in [1.165, 1.54) is 18.4 Å². The zero-order valence-electron chi connectivity index (χ0n) is 15.8. The summed E-state index contributed by atoms with van der Waals surface area (Å²) in [6, 6.07) is 19.5. The number of halogens is 1. The van der Waals surface area contributed by atoms with Gasteiger partial charge in [0.25, 0.3) is 11.8 Å². The number of thiazole rings is 1. The van der Waals surface area contributed by atoms with Crippen molar-refractivity contribution in [3.63, 3.8) is 0 Å². The van der Waals surface area contributed by atoms with E-state index in [1.54, 1.807) is 42.5 Å². The molecule has 8 heteroatoms. The highest BCUT2D eigenvalue weighted by Crippen LogP contribution is 2.35. The number of hydrogen-bond acceptors (Lipinski definition) is 5. The maximum absolute atomic E-state index is 12.5. The van der Waals surface area contributed by atoms with Crippen molar-refractivity contribution < 1.29 is 14.3 Å². The van der Waals surface area contributed by atoms with Gasteiger partial charge in [-0.3, -0.25) is 14.9 Å². The predicted octanol–water partition coefficient (Wildman–Crippen LogP) is 5.57. The molecule has 0 fully saturated rings. The molecule has 0 aliphatic carbocycles. The van der Waals surface area contributed by atoms with E-state index in [9.17, 15) is 9.59 Å². The molecule has 0 aliphatic rings. The minimum Gasteiger partial charge on any atom is -0.494 e. The summed E-state index contributed by atoms with van der Waals surface area (Å²) < 4.78 is 7.13. The molecule has 0 radical (unpaired) electrons. The highest BCUT2D eigenvalue weighted by molar-refractivity contribution is 9.10. The van der Waals surface area contributed by atoms with Crippen molar-refractivity contribution in [1.29, 1.82) is 0 Å². The second-order valence-corrected chi connectivity index (χ2v) is 8.27. The van der Waals surface area contributed by atoms with Gasteiger partial charge in [0.15, 0.2) is 5.13 Å². The molecule has 0 saturated heterocycles. The third kappa shape index (κ3) is 4.34. The summed E-state index contributed by atoms with van der Waals surface area (Å²) in [5.74, 6) is 0.0403. The number of anilines is 2. The number of aromatic nitrogens is 1. The number of rotatable bonds is 5. The molecule has 0 spiro atoms. The minimum absolute atomic E-state index is 0.231. The van der Waals surface area contributed by atoms with Crippen molar-refractivity contribution in [2.75, 3.05) is 17.7 Å². The Labute approximate surface area is 185 Å². The van der Waals surface area contributed by atoms with Crippen LogP contribution in [-0.2, 0) is 0 Å². The summed E-state index contributed by atoms with van der Waals surface area (Å²) in [6.07, 6.45) is 0. The van der Waals surface area contributed by atoms with Crippen molar-refractivity contribution in [3.05, 3.63) is 82.3 Å². The molecular weight excluding hydrogens is 466 g/mol. The van der Waals surface area contributed by atoms with Crippen LogP contribution in [0, 0.1) is 0 Å². The van der Waals surface area contributed by atoms with Gasteiger partial charge in [0.2, 0.25) is 0 Å². The van der Waals surface area contributed by atoms with Gasteiger partial charge in [0.05, 0.1) is 11.8 Å². The zero-order valence-corrected chi connectivity index (χ0v) is 18.2. The number of carbonyl (C=O) groups is 2. The highest BCUT2D eigenvalue weighted by atomic mass is 79.9. The standard InChI is InChI=1S/C22H16BrN3O3S/c1-29-17-11-16(24-20(27)14-7-9-15(23)10-8-14)12-18-19(17)25-22(30-18)26-21(28)13-5-3-2-4-6-13/h2-12H,1H3,(H,24,27)(H,25,26,28). The van der Waals surface area contributed by atoms with Gasteiger partial charge in [0, 0.05) is 27.4 Å². The summed E-state index contributed by atoms with van der Waals surface area (Å²) in [7, 11) is 1.54. The van der Waals surface area contributed by atoms with Crippen LogP contribution in [0.5, 0.6) is 5.75 Å². The van der Waals surface area contributed by atoms with Crippen molar-refractivity contribution in [3.8, 4) is 5.75 Å². The third-order valence-electron chi connectivity index (χ3n) is 4.30. The third-order valence-corrected chi connectivity index (χ3v) is 5.75. The lowest BCUT2D eigenvalue weighted by molar-refractivity contribution is 0.101. The normalized spacial score (nSPS) is 10.6. The molecule has 4 rings (SSSR count). The molecule has 1 aromatic heterocycles. The Hall–Kier alpha value is -3.23. The number of nitrogens with one attached hydrogen (secondary N) is 2. The molecule has 0 atom stereocenters. The number of benzene rings is 3. The first-order valence-electron chi connectivity index (χ1n) is 8.95. The van der Waals surface area contributed by atoms with E-state index >= 15 is 0 Å². The number of methoxy groups -OCH3 is 1. The van der Waals surface area contributed by atoms with Gasteiger partial charge in [-0.15, -0.1) is 0 Å². The monoisotopic (exact) mass is 481 g/mol. The largest absolute Gasteiger partial charge is 0.494 e. The van der Waals surface area contributed by atoms with Crippen LogP contribution < -0.4 is 15.4 Å². The van der Waals surface area contributed by atoms with Gasteiger partial charge >= 0.3 is 0 Å². The van der Waals surface area contributed by atoms with Crippen LogP contribution in [0.4, 0.5) is 10.8 Å². The number of nitrogens with zero attached hydrogens (tertiary/aromatic N) is 1. The quantitative estimate of drug-likeness (QED) is 0.390. The molecular formula is C22H16BrN3O3S. The topological polar surface area (TPSA) is 80.3 Å². The summed E-state index contributed by atoms with van der Waals surface area (Å²) >= 11 is 4.67. The average Bonchev–Trinajstić information content (AvgIpc) is 3.16. The van der Waals surface area contributed by atoms with Crippen LogP contribution in [-0.4, -0.2) is 23.9 Å². The molecule has 30 heavy (non-hydrogen) atoms. The lowest BCUT2D eigenvalue weighted by Crippen LogP contribution is -2.11. The van der Waals surface area contributed by atoms with Gasteiger partial charge in [-0.05, 0) is 42.5 Å². The Morgan fingerprint density at radius 1 is 0.933 bits per heavy atom. The van der Waals surface area contributed by atoms with E-state index in [1.807, 2.05) is 24.3 Å². The van der Waals surface area contributed by atoms with Gasteiger partial charge in [-0.1, -0.05) is 45.5 Å². The van der Waals surface area contributed by atoms with Gasteiger partial charge in [-0.25, -0.2) is 4.98 Å². The smallest absolute Gasteiger partial charge is 0.257 e. The Balaban J connectivity index is 1.59. The first-order valence-corrected chi connectivity index (χ1v) is 10.6. The molecule has 4 aromatic rings. The number of ether oxygens (including phenoxy) is 1. The second-order valence-electron chi connectivity index (χ2n) is 6.33. The van der Waals surface area contributed by atoms with E-state index in [4.69, 9.17) is 4.74 Å². The molecule has 0 unspecified atom stereocenters. The van der Waals surface area contributed by atoms with Crippen LogP contribution in [0.1, 0.15) is 20.7 Å². The lowest BCUT2D eigenvalue weighted by atomic mass is 10.2. The minimum atomic E-state index is -0.239. The van der Waals surface area contributed by atoms with E-state index in [2.05, 4.69) is 31.5 Å². The van der Waals surface area contributed by atoms with Crippen molar-refractivity contribution in [1.82, 2.24) is 4.98 Å². The van der Waals surface area contributed by atoms with E-state index in [0.29, 0.717) is 33.2 Å². The maximum atomic E-state index is 12.5. The summed E-state index contributed by atoms with van der Waals surface area (Å²) in [4.78, 5) is 29.4. The Bertz CT molecular complexity index is 1220. The molecule has 2 amide bonds. The molecule has 0 bridgehead atoms. The Kier molecular flexibility index (Phi) is 5.78. The van der Waals surface area contributed by atoms with Crippen molar-refractivity contribution in [2.45, 2.75) is 0 Å². The van der Waals surface area contributed by atoms with Gasteiger partial charge in [-0.2, -0.15) is 0 Å². The van der Waals surface area contributed by atoms with Crippen LogP contribution in [0.2, 0.25) is 0 Å². The number of fused-ring (bicyclic) bond motifs is 1. The molecule has 6 nitrogen and oxygen atoms in total.